The molecule has 0 radical (unpaired) electrons. The molecule has 0 aliphatic heterocycles. The standard InChI is InChI=1S/C17H14N4O2/c18-8-11-2-1-3-15(6-11)21-17(23)13-7-12(9-19-10-13)16(22)20-14-4-5-14/h1-3,6-7,9-10,14H,4-5H2,(H,20,22)(H,21,23). The van der Waals surface area contributed by atoms with Crippen LogP contribution in [0, 0.1) is 11.3 Å². The zero-order valence-corrected chi connectivity index (χ0v) is 12.2. The number of nitriles is 1. The lowest BCUT2D eigenvalue weighted by molar-refractivity contribution is 0.0950. The van der Waals surface area contributed by atoms with Crippen molar-refractivity contribution >= 4 is 17.5 Å². The first-order valence-electron chi connectivity index (χ1n) is 7.23. The van der Waals surface area contributed by atoms with Crippen LogP contribution in [0.25, 0.3) is 0 Å². The molecule has 0 spiro atoms. The highest BCUT2D eigenvalue weighted by molar-refractivity contribution is 6.05. The third-order valence-corrected chi connectivity index (χ3v) is 3.42. The summed E-state index contributed by atoms with van der Waals surface area (Å²) >= 11 is 0. The molecule has 0 unspecified atom stereocenters. The van der Waals surface area contributed by atoms with Crippen LogP contribution < -0.4 is 10.6 Å². The second-order valence-electron chi connectivity index (χ2n) is 5.36. The number of nitrogens with zero attached hydrogens (tertiary/aromatic N) is 2. The summed E-state index contributed by atoms with van der Waals surface area (Å²) in [7, 11) is 0. The summed E-state index contributed by atoms with van der Waals surface area (Å²) in [6.45, 7) is 0. The summed E-state index contributed by atoms with van der Waals surface area (Å²) < 4.78 is 0. The van der Waals surface area contributed by atoms with Gasteiger partial charge in [0.05, 0.1) is 22.8 Å². The van der Waals surface area contributed by atoms with E-state index in [9.17, 15) is 9.59 Å². The van der Waals surface area contributed by atoms with E-state index in [1.807, 2.05) is 6.07 Å². The Balaban J connectivity index is 1.74. The molecule has 1 aliphatic carbocycles. The molecular formula is C17H14N4O2. The molecule has 114 valence electrons. The molecule has 23 heavy (non-hydrogen) atoms. The minimum atomic E-state index is -0.381. The summed E-state index contributed by atoms with van der Waals surface area (Å²) in [6, 6.07) is 10.4. The Hall–Kier alpha value is -3.20. The number of carbonyl (C=O) groups is 2. The van der Waals surface area contributed by atoms with Crippen molar-refractivity contribution in [2.24, 2.45) is 0 Å². The molecule has 1 aromatic carbocycles. The first-order chi connectivity index (χ1) is 11.2. The third-order valence-electron chi connectivity index (χ3n) is 3.42. The minimum absolute atomic E-state index is 0.221. The van der Waals surface area contributed by atoms with Gasteiger partial charge < -0.3 is 10.6 Å². The molecular weight excluding hydrogens is 292 g/mol. The van der Waals surface area contributed by atoms with Crippen molar-refractivity contribution in [2.45, 2.75) is 18.9 Å². The fourth-order valence-electron chi connectivity index (χ4n) is 2.05. The van der Waals surface area contributed by atoms with Crippen molar-refractivity contribution < 1.29 is 9.59 Å². The third kappa shape index (κ3) is 3.71. The molecule has 2 amide bonds. The highest BCUT2D eigenvalue weighted by Crippen LogP contribution is 2.19. The molecule has 0 saturated heterocycles. The molecule has 2 aromatic rings. The van der Waals surface area contributed by atoms with E-state index in [0.717, 1.165) is 12.8 Å². The van der Waals surface area contributed by atoms with Gasteiger partial charge in [-0.05, 0) is 37.1 Å². The number of nitrogens with one attached hydrogen (secondary N) is 2. The molecule has 6 heteroatoms. The predicted molar refractivity (Wildman–Crippen MR) is 83.8 cm³/mol. The van der Waals surface area contributed by atoms with Gasteiger partial charge in [0.2, 0.25) is 0 Å². The van der Waals surface area contributed by atoms with E-state index >= 15 is 0 Å². The first-order valence-corrected chi connectivity index (χ1v) is 7.23. The number of benzene rings is 1. The monoisotopic (exact) mass is 306 g/mol. The second kappa shape index (κ2) is 6.28. The van der Waals surface area contributed by atoms with Gasteiger partial charge in [-0.3, -0.25) is 14.6 Å². The zero-order valence-electron chi connectivity index (χ0n) is 12.2. The normalized spacial score (nSPS) is 13.0. The van der Waals surface area contributed by atoms with Crippen LogP contribution in [0.15, 0.2) is 42.7 Å². The lowest BCUT2D eigenvalue weighted by atomic mass is 10.1. The summed E-state index contributed by atoms with van der Waals surface area (Å²) in [4.78, 5) is 28.2. The van der Waals surface area contributed by atoms with Gasteiger partial charge in [0.1, 0.15) is 0 Å². The van der Waals surface area contributed by atoms with E-state index in [2.05, 4.69) is 15.6 Å². The molecule has 2 N–H and O–H groups in total. The van der Waals surface area contributed by atoms with Crippen LogP contribution in [0.2, 0.25) is 0 Å². The minimum Gasteiger partial charge on any atom is -0.349 e. The first kappa shape index (κ1) is 14.7. The van der Waals surface area contributed by atoms with Crippen LogP contribution in [0.3, 0.4) is 0 Å². The van der Waals surface area contributed by atoms with Crippen LogP contribution in [-0.4, -0.2) is 22.8 Å². The van der Waals surface area contributed by atoms with Crippen LogP contribution in [-0.2, 0) is 0 Å². The molecule has 0 atom stereocenters. The van der Waals surface area contributed by atoms with Gasteiger partial charge in [-0.25, -0.2) is 0 Å². The Morgan fingerprint density at radius 3 is 2.57 bits per heavy atom. The topological polar surface area (TPSA) is 94.9 Å². The molecule has 6 nitrogen and oxygen atoms in total. The van der Waals surface area contributed by atoms with Crippen LogP contribution in [0.5, 0.6) is 0 Å². The maximum absolute atomic E-state index is 12.3. The van der Waals surface area contributed by atoms with Crippen LogP contribution >= 0.6 is 0 Å². The van der Waals surface area contributed by atoms with Crippen LogP contribution in [0.1, 0.15) is 39.1 Å². The predicted octanol–water partition coefficient (Wildman–Crippen LogP) is 2.10. The van der Waals surface area contributed by atoms with Crippen molar-refractivity contribution in [3.63, 3.8) is 0 Å². The highest BCUT2D eigenvalue weighted by atomic mass is 16.2. The Labute approximate surface area is 133 Å². The molecule has 0 bridgehead atoms. The fraction of sp³-hybridized carbons (Fsp3) is 0.176. The number of amides is 2. The Kier molecular flexibility index (Phi) is 4.02. The van der Waals surface area contributed by atoms with E-state index in [1.165, 1.54) is 18.5 Å². The molecule has 1 aromatic heterocycles. The van der Waals surface area contributed by atoms with E-state index in [1.54, 1.807) is 24.3 Å². The number of hydrogen-bond donors (Lipinski definition) is 2. The Morgan fingerprint density at radius 1 is 1.13 bits per heavy atom. The summed E-state index contributed by atoms with van der Waals surface area (Å²) in [5.41, 5.74) is 1.62. The van der Waals surface area contributed by atoms with Crippen molar-refractivity contribution in [1.82, 2.24) is 10.3 Å². The van der Waals surface area contributed by atoms with E-state index in [0.29, 0.717) is 16.8 Å². The van der Waals surface area contributed by atoms with Gasteiger partial charge in [0.25, 0.3) is 11.8 Å². The number of hydrogen-bond acceptors (Lipinski definition) is 4. The maximum Gasteiger partial charge on any atom is 0.257 e. The smallest absolute Gasteiger partial charge is 0.257 e. The van der Waals surface area contributed by atoms with Gasteiger partial charge >= 0.3 is 0 Å². The van der Waals surface area contributed by atoms with Gasteiger partial charge in [-0.15, -0.1) is 0 Å². The highest BCUT2D eigenvalue weighted by Gasteiger charge is 2.24. The Morgan fingerprint density at radius 2 is 1.87 bits per heavy atom. The summed E-state index contributed by atoms with van der Waals surface area (Å²) in [5, 5.41) is 14.4. The number of aromatic nitrogens is 1. The number of anilines is 1. The van der Waals surface area contributed by atoms with Crippen molar-refractivity contribution in [3.8, 4) is 6.07 Å². The lowest BCUT2D eigenvalue weighted by Gasteiger charge is -2.07. The molecule has 3 rings (SSSR count). The van der Waals surface area contributed by atoms with Crippen molar-refractivity contribution in [3.05, 3.63) is 59.4 Å². The second-order valence-corrected chi connectivity index (χ2v) is 5.36. The number of rotatable bonds is 4. The largest absolute Gasteiger partial charge is 0.349 e. The molecule has 1 fully saturated rings. The van der Waals surface area contributed by atoms with Crippen molar-refractivity contribution in [1.29, 1.82) is 5.26 Å². The average molecular weight is 306 g/mol. The SMILES string of the molecule is N#Cc1cccc(NC(=O)c2cncc(C(=O)NC3CC3)c2)c1. The van der Waals surface area contributed by atoms with Gasteiger partial charge in [-0.1, -0.05) is 6.07 Å². The van der Waals surface area contributed by atoms with Crippen molar-refractivity contribution in [2.75, 3.05) is 5.32 Å². The van der Waals surface area contributed by atoms with E-state index in [4.69, 9.17) is 5.26 Å². The molecule has 1 heterocycles. The van der Waals surface area contributed by atoms with Crippen LogP contribution in [0.4, 0.5) is 5.69 Å². The summed E-state index contributed by atoms with van der Waals surface area (Å²) in [6.07, 6.45) is 4.82. The number of carbonyl (C=O) groups excluding carboxylic acids is 2. The summed E-state index contributed by atoms with van der Waals surface area (Å²) in [5.74, 6) is -0.602. The van der Waals surface area contributed by atoms with Gasteiger partial charge in [0, 0.05) is 24.1 Å². The Bertz CT molecular complexity index is 806. The fourth-order valence-corrected chi connectivity index (χ4v) is 2.05. The number of pyridine rings is 1. The maximum atomic E-state index is 12.3. The molecule has 1 saturated carbocycles. The van der Waals surface area contributed by atoms with E-state index < -0.39 is 0 Å². The van der Waals surface area contributed by atoms with Gasteiger partial charge in [-0.2, -0.15) is 5.26 Å². The lowest BCUT2D eigenvalue weighted by Crippen LogP contribution is -2.26. The average Bonchev–Trinajstić information content (AvgIpc) is 3.39. The molecule has 1 aliphatic rings. The van der Waals surface area contributed by atoms with E-state index in [-0.39, 0.29) is 23.4 Å². The van der Waals surface area contributed by atoms with Gasteiger partial charge in [0.15, 0.2) is 0 Å². The quantitative estimate of drug-likeness (QED) is 0.904. The zero-order chi connectivity index (χ0) is 16.2.